The van der Waals surface area contributed by atoms with E-state index in [-0.39, 0.29) is 5.41 Å². The topological polar surface area (TPSA) is 3.24 Å². The molecule has 0 saturated carbocycles. The maximum atomic E-state index is 3.91. The van der Waals surface area contributed by atoms with Gasteiger partial charge in [-0.2, -0.15) is 0 Å². The summed E-state index contributed by atoms with van der Waals surface area (Å²) in [6.45, 7) is 10.7. The van der Waals surface area contributed by atoms with E-state index in [0.717, 1.165) is 16.9 Å². The number of anilines is 3. The van der Waals surface area contributed by atoms with E-state index in [1.54, 1.807) is 0 Å². The van der Waals surface area contributed by atoms with Gasteiger partial charge in [-0.3, -0.25) is 0 Å². The van der Waals surface area contributed by atoms with Crippen LogP contribution in [0.2, 0.25) is 0 Å². The van der Waals surface area contributed by atoms with Crippen LogP contribution in [0.1, 0.15) is 31.9 Å². The first-order valence-electron chi connectivity index (χ1n) is 11.5. The van der Waals surface area contributed by atoms with E-state index in [0.29, 0.717) is 0 Å². The summed E-state index contributed by atoms with van der Waals surface area (Å²) in [5, 5.41) is 4.91. The quantitative estimate of drug-likeness (QED) is 0.276. The maximum absolute atomic E-state index is 3.91. The van der Waals surface area contributed by atoms with Crippen molar-refractivity contribution in [1.29, 1.82) is 0 Å². The molecule has 5 rings (SSSR count). The van der Waals surface area contributed by atoms with E-state index in [2.05, 4.69) is 135 Å². The lowest BCUT2D eigenvalue weighted by Crippen LogP contribution is -2.13. The van der Waals surface area contributed by atoms with Gasteiger partial charge < -0.3 is 4.90 Å². The van der Waals surface area contributed by atoms with Crippen LogP contribution in [0.4, 0.5) is 17.1 Å². The summed E-state index contributed by atoms with van der Waals surface area (Å²) in [5.41, 5.74) is 6.07. The van der Waals surface area contributed by atoms with Crippen LogP contribution in [0.25, 0.3) is 27.6 Å². The minimum Gasteiger partial charge on any atom is -0.310 e. The molecule has 33 heavy (non-hydrogen) atoms. The summed E-state index contributed by atoms with van der Waals surface area (Å²) in [4.78, 5) is 2.37. The summed E-state index contributed by atoms with van der Waals surface area (Å²) in [6, 6.07) is 37.3. The lowest BCUT2D eigenvalue weighted by molar-refractivity contribution is 0.590. The van der Waals surface area contributed by atoms with Gasteiger partial charge in [0.25, 0.3) is 0 Å². The van der Waals surface area contributed by atoms with E-state index in [1.807, 2.05) is 6.08 Å². The maximum Gasteiger partial charge on any atom is 0.0540 e. The Hall–Kier alpha value is -3.84. The largest absolute Gasteiger partial charge is 0.310 e. The second-order valence-corrected chi connectivity index (χ2v) is 9.63. The molecule has 0 fully saturated rings. The highest BCUT2D eigenvalue weighted by molar-refractivity contribution is 6.00. The van der Waals surface area contributed by atoms with E-state index in [9.17, 15) is 0 Å². The van der Waals surface area contributed by atoms with Crippen molar-refractivity contribution in [3.63, 3.8) is 0 Å². The molecule has 0 atom stereocenters. The van der Waals surface area contributed by atoms with Gasteiger partial charge in [0.2, 0.25) is 0 Å². The van der Waals surface area contributed by atoms with E-state index in [1.165, 1.54) is 32.8 Å². The number of hydrogen-bond acceptors (Lipinski definition) is 1. The molecule has 1 heteroatoms. The highest BCUT2D eigenvalue weighted by atomic mass is 15.1. The summed E-state index contributed by atoms with van der Waals surface area (Å²) < 4.78 is 0. The number of hydrogen-bond donors (Lipinski definition) is 0. The molecule has 0 heterocycles. The normalized spacial score (nSPS) is 11.6. The van der Waals surface area contributed by atoms with Crippen molar-refractivity contribution in [3.8, 4) is 0 Å². The molecule has 0 amide bonds. The van der Waals surface area contributed by atoms with E-state index >= 15 is 0 Å². The molecule has 0 aromatic heterocycles. The number of rotatable bonds is 4. The Morgan fingerprint density at radius 1 is 0.636 bits per heavy atom. The Balaban J connectivity index is 1.72. The van der Waals surface area contributed by atoms with Crippen molar-refractivity contribution in [2.45, 2.75) is 26.2 Å². The zero-order valence-electron chi connectivity index (χ0n) is 19.5. The zero-order chi connectivity index (χ0) is 23.0. The van der Waals surface area contributed by atoms with Crippen LogP contribution < -0.4 is 4.90 Å². The third-order valence-corrected chi connectivity index (χ3v) is 6.34. The van der Waals surface area contributed by atoms with Gasteiger partial charge in [-0.05, 0) is 69.1 Å². The molecule has 162 valence electrons. The fourth-order valence-corrected chi connectivity index (χ4v) is 4.46. The van der Waals surface area contributed by atoms with Crippen molar-refractivity contribution in [2.75, 3.05) is 4.90 Å². The lowest BCUT2D eigenvalue weighted by atomic mass is 9.87. The average Bonchev–Trinajstić information content (AvgIpc) is 2.84. The molecule has 0 bridgehead atoms. The summed E-state index contributed by atoms with van der Waals surface area (Å²) in [6.07, 6.45) is 1.90. The van der Waals surface area contributed by atoms with Gasteiger partial charge in [-0.25, -0.2) is 0 Å². The lowest BCUT2D eigenvalue weighted by Gasteiger charge is -2.28. The smallest absolute Gasteiger partial charge is 0.0540 e. The van der Waals surface area contributed by atoms with Gasteiger partial charge in [-0.15, -0.1) is 0 Å². The molecule has 0 unspecified atom stereocenters. The molecule has 0 aliphatic rings. The van der Waals surface area contributed by atoms with Crippen LogP contribution >= 0.6 is 0 Å². The van der Waals surface area contributed by atoms with Gasteiger partial charge in [0.1, 0.15) is 0 Å². The minimum absolute atomic E-state index is 0.120. The van der Waals surface area contributed by atoms with E-state index < -0.39 is 0 Å². The fraction of sp³-hybridized carbons (Fsp3) is 0.125. The molecule has 5 aromatic carbocycles. The Bertz CT molecular complexity index is 1450. The summed E-state index contributed by atoms with van der Waals surface area (Å²) >= 11 is 0. The second kappa shape index (κ2) is 8.26. The molecule has 0 radical (unpaired) electrons. The third kappa shape index (κ3) is 4.03. The van der Waals surface area contributed by atoms with Crippen LogP contribution in [0.3, 0.4) is 0 Å². The van der Waals surface area contributed by atoms with Gasteiger partial charge in [0.05, 0.1) is 5.69 Å². The molecular formula is C32H29N. The van der Waals surface area contributed by atoms with Gasteiger partial charge in [0, 0.05) is 16.8 Å². The SMILES string of the molecule is C=Cc1ccc2cc(N(c3ccc(C(C)(C)C)cc3)c3cccc4ccccc34)ccc2c1. The second-order valence-electron chi connectivity index (χ2n) is 9.63. The highest BCUT2D eigenvalue weighted by Crippen LogP contribution is 2.40. The molecular weight excluding hydrogens is 398 g/mol. The summed E-state index contributed by atoms with van der Waals surface area (Å²) in [7, 11) is 0. The van der Waals surface area contributed by atoms with Crippen LogP contribution in [0.5, 0.6) is 0 Å². The third-order valence-electron chi connectivity index (χ3n) is 6.34. The molecule has 1 nitrogen and oxygen atoms in total. The van der Waals surface area contributed by atoms with Gasteiger partial charge in [-0.1, -0.05) is 100 Å². The van der Waals surface area contributed by atoms with Gasteiger partial charge in [0.15, 0.2) is 0 Å². The van der Waals surface area contributed by atoms with Crippen molar-refractivity contribution in [2.24, 2.45) is 0 Å². The monoisotopic (exact) mass is 427 g/mol. The van der Waals surface area contributed by atoms with Crippen LogP contribution in [0, 0.1) is 0 Å². The van der Waals surface area contributed by atoms with Crippen molar-refractivity contribution in [1.82, 2.24) is 0 Å². The number of fused-ring (bicyclic) bond motifs is 2. The first-order chi connectivity index (χ1) is 15.9. The minimum atomic E-state index is 0.120. The number of benzene rings is 5. The first kappa shape index (κ1) is 21.0. The van der Waals surface area contributed by atoms with Crippen LogP contribution in [-0.2, 0) is 5.41 Å². The number of nitrogens with zero attached hydrogens (tertiary/aromatic N) is 1. The predicted molar refractivity (Wildman–Crippen MR) is 145 cm³/mol. The Morgan fingerprint density at radius 2 is 1.30 bits per heavy atom. The summed E-state index contributed by atoms with van der Waals surface area (Å²) in [5.74, 6) is 0. The molecule has 0 N–H and O–H groups in total. The molecule has 0 spiro atoms. The van der Waals surface area contributed by atoms with Crippen LogP contribution in [0.15, 0.2) is 110 Å². The molecule has 0 saturated heterocycles. The zero-order valence-corrected chi connectivity index (χ0v) is 19.5. The highest BCUT2D eigenvalue weighted by Gasteiger charge is 2.18. The fourth-order valence-electron chi connectivity index (χ4n) is 4.46. The van der Waals surface area contributed by atoms with Crippen molar-refractivity contribution >= 4 is 44.7 Å². The molecule has 0 aliphatic carbocycles. The Morgan fingerprint density at radius 3 is 2.06 bits per heavy atom. The molecule has 5 aromatic rings. The Kier molecular flexibility index (Phi) is 5.26. The van der Waals surface area contributed by atoms with Crippen LogP contribution in [-0.4, -0.2) is 0 Å². The van der Waals surface area contributed by atoms with E-state index in [4.69, 9.17) is 0 Å². The van der Waals surface area contributed by atoms with Gasteiger partial charge >= 0.3 is 0 Å². The van der Waals surface area contributed by atoms with Crippen molar-refractivity contribution in [3.05, 3.63) is 121 Å². The van der Waals surface area contributed by atoms with Crippen molar-refractivity contribution < 1.29 is 0 Å². The average molecular weight is 428 g/mol. The Labute approximate surface area is 196 Å². The standard InChI is InChI=1S/C32H29N/c1-5-23-13-14-26-22-29(18-15-25(26)21-23)33(28-19-16-27(17-20-28)32(2,3)4)31-12-8-10-24-9-6-7-11-30(24)31/h5-22H,1H2,2-4H3. The predicted octanol–water partition coefficient (Wildman–Crippen LogP) is 9.40. The first-order valence-corrected chi connectivity index (χ1v) is 11.5. The molecule has 0 aliphatic heterocycles.